The molecule has 0 N–H and O–H groups in total. The zero-order valence-corrected chi connectivity index (χ0v) is 11.2. The van der Waals surface area contributed by atoms with Crippen molar-refractivity contribution in [1.29, 1.82) is 0 Å². The lowest BCUT2D eigenvalue weighted by Crippen LogP contribution is -2.04. The molecule has 0 radical (unpaired) electrons. The number of ether oxygens (including phenoxy) is 1. The van der Waals surface area contributed by atoms with Gasteiger partial charge in [-0.25, -0.2) is 0 Å². The molecule has 0 aliphatic rings. The van der Waals surface area contributed by atoms with Gasteiger partial charge in [-0.2, -0.15) is 13.2 Å². The molecule has 0 spiro atoms. The summed E-state index contributed by atoms with van der Waals surface area (Å²) in [6, 6.07) is 12.2. The number of halogens is 4. The molecule has 2 rings (SSSR count). The number of rotatable bonds is 4. The summed E-state index contributed by atoms with van der Waals surface area (Å²) in [7, 11) is 0. The van der Waals surface area contributed by atoms with E-state index in [0.717, 1.165) is 23.3 Å². The van der Waals surface area contributed by atoms with E-state index < -0.39 is 11.7 Å². The molecule has 0 aliphatic carbocycles. The molecule has 2 aromatic rings. The van der Waals surface area contributed by atoms with E-state index in [9.17, 15) is 13.2 Å². The molecule has 1 nitrogen and oxygen atoms in total. The smallest absolute Gasteiger partial charge is 0.416 e. The van der Waals surface area contributed by atoms with Gasteiger partial charge in [0, 0.05) is 5.88 Å². The molecule has 0 heterocycles. The van der Waals surface area contributed by atoms with Crippen LogP contribution in [-0.2, 0) is 18.7 Å². The molecule has 0 saturated carbocycles. The Labute approximate surface area is 119 Å². The van der Waals surface area contributed by atoms with Gasteiger partial charge < -0.3 is 4.74 Å². The predicted octanol–water partition coefficient (Wildman–Crippen LogP) is 5.02. The maximum absolute atomic E-state index is 12.4. The highest BCUT2D eigenvalue weighted by Crippen LogP contribution is 2.30. The minimum atomic E-state index is -4.32. The van der Waals surface area contributed by atoms with Gasteiger partial charge in [-0.3, -0.25) is 0 Å². The number of alkyl halides is 4. The van der Waals surface area contributed by atoms with E-state index in [0.29, 0.717) is 18.2 Å². The Morgan fingerprint density at radius 1 is 0.850 bits per heavy atom. The summed E-state index contributed by atoms with van der Waals surface area (Å²) < 4.78 is 42.6. The van der Waals surface area contributed by atoms with E-state index in [2.05, 4.69) is 0 Å². The van der Waals surface area contributed by atoms with Gasteiger partial charge >= 0.3 is 6.18 Å². The third-order valence-electron chi connectivity index (χ3n) is 2.76. The van der Waals surface area contributed by atoms with Crippen molar-refractivity contribution in [2.24, 2.45) is 0 Å². The number of hydrogen-bond acceptors (Lipinski definition) is 1. The highest BCUT2D eigenvalue weighted by molar-refractivity contribution is 6.17. The van der Waals surface area contributed by atoms with Crippen LogP contribution in [0, 0.1) is 0 Å². The fourth-order valence-corrected chi connectivity index (χ4v) is 1.81. The maximum Gasteiger partial charge on any atom is 0.416 e. The van der Waals surface area contributed by atoms with E-state index in [4.69, 9.17) is 16.3 Å². The van der Waals surface area contributed by atoms with Crippen LogP contribution in [0.3, 0.4) is 0 Å². The summed E-state index contributed by atoms with van der Waals surface area (Å²) in [5.74, 6) is 0.847. The molecule has 0 amide bonds. The summed E-state index contributed by atoms with van der Waals surface area (Å²) in [6.07, 6.45) is -4.32. The van der Waals surface area contributed by atoms with Crippen LogP contribution in [0.4, 0.5) is 13.2 Å². The maximum atomic E-state index is 12.4. The quantitative estimate of drug-likeness (QED) is 0.720. The van der Waals surface area contributed by atoms with Crippen molar-refractivity contribution in [2.45, 2.75) is 18.7 Å². The summed E-state index contributed by atoms with van der Waals surface area (Å²) >= 11 is 5.68. The number of benzene rings is 2. The molecule has 0 aromatic heterocycles. The van der Waals surface area contributed by atoms with Gasteiger partial charge in [0.1, 0.15) is 12.4 Å². The van der Waals surface area contributed by atoms with Crippen molar-refractivity contribution >= 4 is 11.6 Å². The minimum Gasteiger partial charge on any atom is -0.489 e. The Balaban J connectivity index is 1.96. The van der Waals surface area contributed by atoms with Gasteiger partial charge in [-0.15, -0.1) is 11.6 Å². The molecule has 0 saturated heterocycles. The molecular formula is C15H12ClF3O. The normalized spacial score (nSPS) is 11.4. The van der Waals surface area contributed by atoms with Crippen molar-refractivity contribution in [2.75, 3.05) is 0 Å². The van der Waals surface area contributed by atoms with E-state index in [1.54, 1.807) is 0 Å². The van der Waals surface area contributed by atoms with Crippen LogP contribution in [-0.4, -0.2) is 0 Å². The van der Waals surface area contributed by atoms with Gasteiger partial charge in [0.2, 0.25) is 0 Å². The zero-order chi connectivity index (χ0) is 14.6. The van der Waals surface area contributed by atoms with Crippen molar-refractivity contribution in [1.82, 2.24) is 0 Å². The Morgan fingerprint density at radius 2 is 1.40 bits per heavy atom. The summed E-state index contributed by atoms with van der Waals surface area (Å²) in [5, 5.41) is 0. The minimum absolute atomic E-state index is 0.300. The third-order valence-corrected chi connectivity index (χ3v) is 3.07. The largest absolute Gasteiger partial charge is 0.489 e. The fourth-order valence-electron chi connectivity index (χ4n) is 1.63. The topological polar surface area (TPSA) is 9.23 Å². The lowest BCUT2D eigenvalue weighted by molar-refractivity contribution is -0.137. The Kier molecular flexibility index (Phi) is 4.55. The molecule has 0 unspecified atom stereocenters. The Morgan fingerprint density at radius 3 is 1.90 bits per heavy atom. The molecule has 0 bridgehead atoms. The Bertz CT molecular complexity index is 547. The van der Waals surface area contributed by atoms with E-state index in [-0.39, 0.29) is 0 Å². The number of hydrogen-bond donors (Lipinski definition) is 0. The first-order chi connectivity index (χ1) is 9.49. The van der Waals surface area contributed by atoms with Crippen LogP contribution in [0.25, 0.3) is 0 Å². The van der Waals surface area contributed by atoms with Crippen LogP contribution >= 0.6 is 11.6 Å². The van der Waals surface area contributed by atoms with Crippen LogP contribution < -0.4 is 4.74 Å². The molecular weight excluding hydrogens is 289 g/mol. The second-order valence-electron chi connectivity index (χ2n) is 4.26. The van der Waals surface area contributed by atoms with Crippen LogP contribution in [0.15, 0.2) is 48.5 Å². The Hall–Kier alpha value is -1.68. The average Bonchev–Trinajstić information content (AvgIpc) is 2.45. The van der Waals surface area contributed by atoms with Crippen LogP contribution in [0.2, 0.25) is 0 Å². The zero-order valence-electron chi connectivity index (χ0n) is 10.5. The summed E-state index contributed by atoms with van der Waals surface area (Å²) in [5.41, 5.74) is 1.25. The highest BCUT2D eigenvalue weighted by Gasteiger charge is 2.29. The van der Waals surface area contributed by atoms with Gasteiger partial charge in [0.05, 0.1) is 5.56 Å². The molecule has 2 aromatic carbocycles. The molecule has 0 fully saturated rings. The van der Waals surface area contributed by atoms with Crippen molar-refractivity contribution in [3.05, 3.63) is 65.2 Å². The van der Waals surface area contributed by atoms with E-state index >= 15 is 0 Å². The summed E-state index contributed by atoms with van der Waals surface area (Å²) in [4.78, 5) is 0. The first-order valence-electron chi connectivity index (χ1n) is 5.93. The van der Waals surface area contributed by atoms with Gasteiger partial charge in [0.25, 0.3) is 0 Å². The second kappa shape index (κ2) is 6.18. The van der Waals surface area contributed by atoms with E-state index in [1.165, 1.54) is 12.1 Å². The molecule has 0 atom stereocenters. The highest BCUT2D eigenvalue weighted by atomic mass is 35.5. The van der Waals surface area contributed by atoms with Crippen molar-refractivity contribution in [3.8, 4) is 5.75 Å². The van der Waals surface area contributed by atoms with Gasteiger partial charge in [0.15, 0.2) is 0 Å². The van der Waals surface area contributed by atoms with Crippen LogP contribution in [0.1, 0.15) is 16.7 Å². The first kappa shape index (κ1) is 14.7. The van der Waals surface area contributed by atoms with Crippen molar-refractivity contribution < 1.29 is 17.9 Å². The van der Waals surface area contributed by atoms with Crippen molar-refractivity contribution in [3.63, 3.8) is 0 Å². The average molecular weight is 301 g/mol. The van der Waals surface area contributed by atoms with E-state index in [1.807, 2.05) is 24.3 Å². The fraction of sp³-hybridized carbons (Fsp3) is 0.200. The van der Waals surface area contributed by atoms with Crippen LogP contribution in [0.5, 0.6) is 5.75 Å². The molecule has 5 heteroatoms. The third kappa shape index (κ3) is 3.90. The van der Waals surface area contributed by atoms with Gasteiger partial charge in [-0.05, 0) is 35.4 Å². The van der Waals surface area contributed by atoms with Gasteiger partial charge in [-0.1, -0.05) is 24.3 Å². The second-order valence-corrected chi connectivity index (χ2v) is 4.53. The monoisotopic (exact) mass is 300 g/mol. The predicted molar refractivity (Wildman–Crippen MR) is 71.8 cm³/mol. The lowest BCUT2D eigenvalue weighted by Gasteiger charge is -2.09. The standard InChI is InChI=1S/C15H12ClF3O/c16-9-11-1-3-12(4-2-11)10-20-14-7-5-13(6-8-14)15(17,18)19/h1-8H,9-10H2. The first-order valence-corrected chi connectivity index (χ1v) is 6.46. The lowest BCUT2D eigenvalue weighted by atomic mass is 10.1. The summed E-state index contributed by atoms with van der Waals surface area (Å²) in [6.45, 7) is 0.300. The molecule has 20 heavy (non-hydrogen) atoms. The molecule has 0 aliphatic heterocycles. The molecule has 106 valence electrons. The SMILES string of the molecule is FC(F)(F)c1ccc(OCc2ccc(CCl)cc2)cc1.